The van der Waals surface area contributed by atoms with E-state index in [2.05, 4.69) is 0 Å². The van der Waals surface area contributed by atoms with Gasteiger partial charge < -0.3 is 0 Å². The Kier molecular flexibility index (Phi) is 4.34. The monoisotopic (exact) mass is 194 g/mol. The van der Waals surface area contributed by atoms with E-state index in [9.17, 15) is 0 Å². The third-order valence-corrected chi connectivity index (χ3v) is 4.47. The molecule has 0 aromatic carbocycles. The summed E-state index contributed by atoms with van der Waals surface area (Å²) in [6, 6.07) is 0. The normalized spacial score (nSPS) is 28.3. The lowest BCUT2D eigenvalue weighted by atomic mass is 9.72. The molecule has 0 heterocycles. The first-order valence-corrected chi connectivity index (χ1v) is 6.97. The van der Waals surface area contributed by atoms with Gasteiger partial charge in [-0.3, -0.25) is 0 Å². The van der Waals surface area contributed by atoms with Gasteiger partial charge in [-0.1, -0.05) is 77.0 Å². The van der Waals surface area contributed by atoms with Crippen LogP contribution in [0.2, 0.25) is 0 Å². The molecule has 82 valence electrons. The van der Waals surface area contributed by atoms with Crippen molar-refractivity contribution in [3.05, 3.63) is 0 Å². The zero-order chi connectivity index (χ0) is 9.64. The molecule has 0 bridgehead atoms. The second-order valence-electron chi connectivity index (χ2n) is 5.50. The van der Waals surface area contributed by atoms with E-state index in [0.717, 1.165) is 11.8 Å². The molecular weight excluding hydrogens is 168 g/mol. The maximum absolute atomic E-state index is 1.56. The first-order valence-electron chi connectivity index (χ1n) is 6.97. The Bertz CT molecular complexity index is 136. The van der Waals surface area contributed by atoms with E-state index in [1.165, 1.54) is 51.4 Å². The Morgan fingerprint density at radius 1 is 0.357 bits per heavy atom. The van der Waals surface area contributed by atoms with Crippen molar-refractivity contribution in [2.45, 2.75) is 77.0 Å². The van der Waals surface area contributed by atoms with Crippen LogP contribution in [-0.2, 0) is 0 Å². The highest BCUT2D eigenvalue weighted by molar-refractivity contribution is 4.78. The zero-order valence-corrected chi connectivity index (χ0v) is 9.64. The summed E-state index contributed by atoms with van der Waals surface area (Å²) < 4.78 is 0. The van der Waals surface area contributed by atoms with Gasteiger partial charge in [-0.15, -0.1) is 0 Å². The SMILES string of the molecule is C1CCCCC(C2CCC2)CCCC1. The van der Waals surface area contributed by atoms with Crippen molar-refractivity contribution in [1.29, 1.82) is 0 Å². The standard InChI is InChI=1S/C14H26/c1-2-4-6-9-13(10-7-5-3-1)14-11-8-12-14/h13-14H,1-12H2. The average Bonchev–Trinajstić information content (AvgIpc) is 2.13. The van der Waals surface area contributed by atoms with Gasteiger partial charge in [0.1, 0.15) is 0 Å². The third kappa shape index (κ3) is 3.00. The minimum Gasteiger partial charge on any atom is -0.0533 e. The van der Waals surface area contributed by atoms with Gasteiger partial charge in [0.15, 0.2) is 0 Å². The van der Waals surface area contributed by atoms with Gasteiger partial charge in [0.2, 0.25) is 0 Å². The molecule has 2 aliphatic rings. The summed E-state index contributed by atoms with van der Waals surface area (Å²) in [4.78, 5) is 0. The minimum absolute atomic E-state index is 1.13. The molecule has 2 saturated carbocycles. The van der Waals surface area contributed by atoms with Gasteiger partial charge in [0.05, 0.1) is 0 Å². The first-order chi connectivity index (χ1) is 6.97. The van der Waals surface area contributed by atoms with Crippen LogP contribution in [0, 0.1) is 11.8 Å². The Morgan fingerprint density at radius 2 is 0.714 bits per heavy atom. The largest absolute Gasteiger partial charge is 0.0533 e. The van der Waals surface area contributed by atoms with Gasteiger partial charge in [-0.2, -0.15) is 0 Å². The predicted octanol–water partition coefficient (Wildman–Crippen LogP) is 4.93. The molecule has 0 aromatic heterocycles. The minimum atomic E-state index is 1.13. The summed E-state index contributed by atoms with van der Waals surface area (Å²) in [5, 5.41) is 0. The maximum Gasteiger partial charge on any atom is -0.0386 e. The summed E-state index contributed by atoms with van der Waals surface area (Å²) in [7, 11) is 0. The van der Waals surface area contributed by atoms with Crippen LogP contribution in [0.25, 0.3) is 0 Å². The fraction of sp³-hybridized carbons (Fsp3) is 1.00. The Balaban J connectivity index is 1.74. The van der Waals surface area contributed by atoms with Gasteiger partial charge in [0, 0.05) is 0 Å². The van der Waals surface area contributed by atoms with E-state index in [0.29, 0.717) is 0 Å². The van der Waals surface area contributed by atoms with Gasteiger partial charge in [-0.25, -0.2) is 0 Å². The number of hydrogen-bond donors (Lipinski definition) is 0. The predicted molar refractivity (Wildman–Crippen MR) is 62.4 cm³/mol. The van der Waals surface area contributed by atoms with Crippen molar-refractivity contribution in [2.75, 3.05) is 0 Å². The number of rotatable bonds is 1. The van der Waals surface area contributed by atoms with E-state index >= 15 is 0 Å². The quantitative estimate of drug-likeness (QED) is 0.555. The molecule has 0 aliphatic heterocycles. The summed E-state index contributed by atoms with van der Waals surface area (Å²) >= 11 is 0. The summed E-state index contributed by atoms with van der Waals surface area (Å²) in [5.41, 5.74) is 0. The third-order valence-electron chi connectivity index (χ3n) is 4.47. The molecular formula is C14H26. The molecule has 0 nitrogen and oxygen atoms in total. The van der Waals surface area contributed by atoms with Gasteiger partial charge >= 0.3 is 0 Å². The molecule has 0 N–H and O–H groups in total. The van der Waals surface area contributed by atoms with Gasteiger partial charge in [-0.05, 0) is 11.8 Å². The average molecular weight is 194 g/mol. The van der Waals surface area contributed by atoms with E-state index in [1.54, 1.807) is 25.7 Å². The van der Waals surface area contributed by atoms with Crippen molar-refractivity contribution in [3.63, 3.8) is 0 Å². The Morgan fingerprint density at radius 3 is 1.07 bits per heavy atom. The fourth-order valence-electron chi connectivity index (χ4n) is 3.22. The molecule has 2 aliphatic carbocycles. The molecule has 2 rings (SSSR count). The van der Waals surface area contributed by atoms with Crippen molar-refractivity contribution >= 4 is 0 Å². The molecule has 0 aromatic rings. The molecule has 0 spiro atoms. The van der Waals surface area contributed by atoms with E-state index in [4.69, 9.17) is 0 Å². The molecule has 0 unspecified atom stereocenters. The summed E-state index contributed by atoms with van der Waals surface area (Å²) in [6.45, 7) is 0. The Labute approximate surface area is 89.5 Å². The molecule has 0 saturated heterocycles. The molecule has 0 atom stereocenters. The van der Waals surface area contributed by atoms with Crippen molar-refractivity contribution in [2.24, 2.45) is 11.8 Å². The second-order valence-corrected chi connectivity index (χ2v) is 5.50. The molecule has 0 amide bonds. The summed E-state index contributed by atoms with van der Waals surface area (Å²) in [5.74, 6) is 2.27. The van der Waals surface area contributed by atoms with Crippen LogP contribution in [0.5, 0.6) is 0 Å². The first kappa shape index (κ1) is 10.5. The highest BCUT2D eigenvalue weighted by Crippen LogP contribution is 2.39. The highest BCUT2D eigenvalue weighted by Gasteiger charge is 2.26. The van der Waals surface area contributed by atoms with Crippen LogP contribution < -0.4 is 0 Å². The smallest absolute Gasteiger partial charge is 0.0386 e. The lowest BCUT2D eigenvalue weighted by molar-refractivity contribution is 0.176. The maximum atomic E-state index is 1.56. The number of hydrogen-bond acceptors (Lipinski definition) is 0. The van der Waals surface area contributed by atoms with Crippen molar-refractivity contribution in [1.82, 2.24) is 0 Å². The second kappa shape index (κ2) is 5.78. The molecule has 0 heteroatoms. The zero-order valence-electron chi connectivity index (χ0n) is 9.64. The molecule has 14 heavy (non-hydrogen) atoms. The van der Waals surface area contributed by atoms with Crippen LogP contribution >= 0.6 is 0 Å². The van der Waals surface area contributed by atoms with Gasteiger partial charge in [0.25, 0.3) is 0 Å². The highest BCUT2D eigenvalue weighted by atomic mass is 14.3. The van der Waals surface area contributed by atoms with Crippen LogP contribution in [0.4, 0.5) is 0 Å². The van der Waals surface area contributed by atoms with E-state index in [1.807, 2.05) is 0 Å². The Hall–Kier alpha value is 0. The van der Waals surface area contributed by atoms with E-state index in [-0.39, 0.29) is 0 Å². The molecule has 0 radical (unpaired) electrons. The van der Waals surface area contributed by atoms with Crippen LogP contribution in [0.15, 0.2) is 0 Å². The van der Waals surface area contributed by atoms with Crippen molar-refractivity contribution in [3.8, 4) is 0 Å². The molecule has 2 fully saturated rings. The lowest BCUT2D eigenvalue weighted by Gasteiger charge is -2.34. The van der Waals surface area contributed by atoms with Crippen LogP contribution in [-0.4, -0.2) is 0 Å². The topological polar surface area (TPSA) is 0 Å². The van der Waals surface area contributed by atoms with Crippen LogP contribution in [0.3, 0.4) is 0 Å². The lowest BCUT2D eigenvalue weighted by Crippen LogP contribution is -2.22. The summed E-state index contributed by atoms with van der Waals surface area (Å²) in [6.07, 6.45) is 18.4. The van der Waals surface area contributed by atoms with E-state index < -0.39 is 0 Å². The fourth-order valence-corrected chi connectivity index (χ4v) is 3.22. The van der Waals surface area contributed by atoms with Crippen LogP contribution in [0.1, 0.15) is 77.0 Å². The van der Waals surface area contributed by atoms with Crippen molar-refractivity contribution < 1.29 is 0 Å².